The van der Waals surface area contributed by atoms with Crippen LogP contribution >= 0.6 is 21.6 Å². The number of methoxy groups -OCH3 is 1. The molecule has 1 aliphatic heterocycles. The van der Waals surface area contributed by atoms with E-state index in [9.17, 15) is 4.79 Å². The van der Waals surface area contributed by atoms with Crippen molar-refractivity contribution in [1.82, 2.24) is 9.29 Å². The number of ether oxygens (including phenoxy) is 1. The first-order valence-electron chi connectivity index (χ1n) is 15.2. The smallest absolute Gasteiger partial charge is 0.308 e. The summed E-state index contributed by atoms with van der Waals surface area (Å²) in [6, 6.07) is 27.8. The summed E-state index contributed by atoms with van der Waals surface area (Å²) in [5, 5.41) is 2.32. The van der Waals surface area contributed by atoms with Gasteiger partial charge in [-0.1, -0.05) is 54.6 Å². The Morgan fingerprint density at radius 3 is 2.30 bits per heavy atom. The normalized spacial score (nSPS) is 20.5. The molecule has 3 aromatic carbocycles. The van der Waals surface area contributed by atoms with E-state index in [-0.39, 0.29) is 11.9 Å². The molecule has 5 nitrogen and oxygen atoms in total. The second-order valence-electron chi connectivity index (χ2n) is 12.1. The molecular formula is C37H41N3O2S2. The zero-order valence-corrected chi connectivity index (χ0v) is 27.8. The van der Waals surface area contributed by atoms with Crippen molar-refractivity contribution in [3.8, 4) is 0 Å². The third-order valence-electron chi connectivity index (χ3n) is 9.05. The lowest BCUT2D eigenvalue weighted by Gasteiger charge is -2.47. The Hall–Kier alpha value is -3.65. The molecule has 0 atom stereocenters. The molecule has 1 aromatic heterocycles. The number of nitrogens with zero attached hydrogens (tertiary/aromatic N) is 3. The fourth-order valence-electron chi connectivity index (χ4n) is 6.20. The van der Waals surface area contributed by atoms with Gasteiger partial charge in [-0.2, -0.15) is 10.2 Å². The molecule has 2 aliphatic rings. The SMILES string of the molecule is COC(=O)C1CCC(C(/C=C2\C=C(S(C)(C)N(C)C)N(c3ccccc3)c3ccccc32)=C\c2nc3ccccc3s2)CC1. The van der Waals surface area contributed by atoms with E-state index in [1.165, 1.54) is 44.9 Å². The van der Waals surface area contributed by atoms with E-state index in [0.717, 1.165) is 36.2 Å². The second-order valence-corrected chi connectivity index (χ2v) is 16.8. The fraction of sp³-hybridized carbons (Fsp3) is 0.297. The number of anilines is 2. The summed E-state index contributed by atoms with van der Waals surface area (Å²) in [5.74, 6) is 0.237. The predicted octanol–water partition coefficient (Wildman–Crippen LogP) is 9.28. The molecule has 1 aliphatic carbocycles. The van der Waals surface area contributed by atoms with Gasteiger partial charge in [0, 0.05) is 11.3 Å². The van der Waals surface area contributed by atoms with Crippen LogP contribution in [0.25, 0.3) is 21.9 Å². The molecule has 228 valence electrons. The molecule has 0 saturated heterocycles. The van der Waals surface area contributed by atoms with Crippen LogP contribution in [0.3, 0.4) is 0 Å². The molecular weight excluding hydrogens is 583 g/mol. The van der Waals surface area contributed by atoms with Crippen LogP contribution in [0.15, 0.2) is 102 Å². The summed E-state index contributed by atoms with van der Waals surface area (Å²) in [6.07, 6.45) is 15.4. The van der Waals surface area contributed by atoms with Gasteiger partial charge in [0.15, 0.2) is 0 Å². The van der Waals surface area contributed by atoms with Crippen LogP contribution in [0, 0.1) is 11.8 Å². The minimum atomic E-state index is -1.33. The maximum Gasteiger partial charge on any atom is 0.308 e. The molecule has 0 spiro atoms. The molecule has 7 heteroatoms. The largest absolute Gasteiger partial charge is 0.469 e. The van der Waals surface area contributed by atoms with Crippen molar-refractivity contribution < 1.29 is 9.53 Å². The van der Waals surface area contributed by atoms with Crippen LogP contribution in [-0.4, -0.2) is 49.0 Å². The van der Waals surface area contributed by atoms with Crippen LogP contribution in [0.2, 0.25) is 0 Å². The van der Waals surface area contributed by atoms with Gasteiger partial charge in [0.05, 0.1) is 34.0 Å². The highest BCUT2D eigenvalue weighted by atomic mass is 32.3. The summed E-state index contributed by atoms with van der Waals surface area (Å²) in [5.41, 5.74) is 7.10. The van der Waals surface area contributed by atoms with Gasteiger partial charge < -0.3 is 9.64 Å². The quantitative estimate of drug-likeness (QED) is 0.192. The molecule has 0 amide bonds. The van der Waals surface area contributed by atoms with Crippen molar-refractivity contribution in [2.45, 2.75) is 25.7 Å². The number of hydrogen-bond donors (Lipinski definition) is 0. The van der Waals surface area contributed by atoms with Crippen LogP contribution in [0.1, 0.15) is 36.3 Å². The van der Waals surface area contributed by atoms with E-state index in [4.69, 9.17) is 9.72 Å². The number of aromatic nitrogens is 1. The molecule has 44 heavy (non-hydrogen) atoms. The monoisotopic (exact) mass is 623 g/mol. The third-order valence-corrected chi connectivity index (χ3v) is 13.2. The van der Waals surface area contributed by atoms with E-state index in [1.54, 1.807) is 11.3 Å². The van der Waals surface area contributed by atoms with Gasteiger partial charge in [-0.15, -0.1) is 11.3 Å². The van der Waals surface area contributed by atoms with Gasteiger partial charge in [0.25, 0.3) is 0 Å². The lowest BCUT2D eigenvalue weighted by Crippen LogP contribution is -2.30. The maximum absolute atomic E-state index is 12.3. The van der Waals surface area contributed by atoms with Gasteiger partial charge in [-0.05, 0) is 112 Å². The Kier molecular flexibility index (Phi) is 8.81. The van der Waals surface area contributed by atoms with Crippen LogP contribution in [0.5, 0.6) is 0 Å². The number of fused-ring (bicyclic) bond motifs is 2. The predicted molar refractivity (Wildman–Crippen MR) is 189 cm³/mol. The Labute approximate surface area is 267 Å². The average Bonchev–Trinajstić information content (AvgIpc) is 3.47. The van der Waals surface area contributed by atoms with E-state index in [2.05, 4.69) is 127 Å². The van der Waals surface area contributed by atoms with Crippen molar-refractivity contribution in [2.24, 2.45) is 11.8 Å². The topological polar surface area (TPSA) is 45.7 Å². The standard InChI is InChI=1S/C37H41N3O2S2/c1-39(2)44(4,5)36-25-29(31-15-9-11-17-33(31)40(36)30-13-7-6-8-14-30)23-28(26-19-21-27(22-20-26)37(41)42-3)24-35-38-32-16-10-12-18-34(32)43-35/h6-18,23-27H,19-22H2,1-5H3/b28-24-,29-23+. The first-order chi connectivity index (χ1) is 21.3. The van der Waals surface area contributed by atoms with Gasteiger partial charge in [-0.25, -0.2) is 4.98 Å². The number of thiazole rings is 1. The lowest BCUT2D eigenvalue weighted by atomic mass is 9.77. The highest BCUT2D eigenvalue weighted by Crippen LogP contribution is 2.58. The molecule has 0 bridgehead atoms. The number of allylic oxidation sites excluding steroid dienone is 4. The third kappa shape index (κ3) is 6.01. The molecule has 1 saturated carbocycles. The number of carbonyl (C=O) groups is 1. The summed E-state index contributed by atoms with van der Waals surface area (Å²) >= 11 is 1.74. The van der Waals surface area contributed by atoms with Gasteiger partial charge in [0.2, 0.25) is 0 Å². The van der Waals surface area contributed by atoms with Gasteiger partial charge >= 0.3 is 5.97 Å². The Morgan fingerprint density at radius 2 is 1.59 bits per heavy atom. The highest BCUT2D eigenvalue weighted by molar-refractivity contribution is 8.33. The zero-order chi connectivity index (χ0) is 30.8. The number of para-hydroxylation sites is 3. The van der Waals surface area contributed by atoms with Crippen LogP contribution in [-0.2, 0) is 9.53 Å². The summed E-state index contributed by atoms with van der Waals surface area (Å²) < 4.78 is 8.66. The van der Waals surface area contributed by atoms with Crippen molar-refractivity contribution in [3.63, 3.8) is 0 Å². The second kappa shape index (κ2) is 12.8. The van der Waals surface area contributed by atoms with Crippen molar-refractivity contribution >= 4 is 60.8 Å². The summed E-state index contributed by atoms with van der Waals surface area (Å²) in [7, 11) is 4.53. The number of rotatable bonds is 7. The van der Waals surface area contributed by atoms with Crippen molar-refractivity contribution in [2.75, 3.05) is 38.6 Å². The van der Waals surface area contributed by atoms with Crippen molar-refractivity contribution in [3.05, 3.63) is 112 Å². The molecule has 0 N–H and O–H groups in total. The van der Waals surface area contributed by atoms with Crippen molar-refractivity contribution in [1.29, 1.82) is 0 Å². The summed E-state index contributed by atoms with van der Waals surface area (Å²) in [4.78, 5) is 19.8. The Balaban J connectivity index is 1.51. The minimum absolute atomic E-state index is 0.0153. The van der Waals surface area contributed by atoms with E-state index >= 15 is 0 Å². The molecule has 2 heterocycles. The Morgan fingerprint density at radius 1 is 0.932 bits per heavy atom. The Bertz CT molecular complexity index is 1710. The maximum atomic E-state index is 12.3. The fourth-order valence-corrected chi connectivity index (χ4v) is 8.57. The average molecular weight is 624 g/mol. The lowest BCUT2D eigenvalue weighted by molar-refractivity contribution is -0.146. The van der Waals surface area contributed by atoms with Gasteiger partial charge in [-0.3, -0.25) is 9.10 Å². The molecule has 0 unspecified atom stereocenters. The van der Waals surface area contributed by atoms with Gasteiger partial charge in [0.1, 0.15) is 5.01 Å². The van der Waals surface area contributed by atoms with E-state index in [0.29, 0.717) is 5.92 Å². The first-order valence-corrected chi connectivity index (χ1v) is 18.4. The highest BCUT2D eigenvalue weighted by Gasteiger charge is 2.33. The molecule has 0 radical (unpaired) electrons. The number of benzene rings is 3. The molecule has 4 aromatic rings. The number of hydrogen-bond acceptors (Lipinski definition) is 6. The summed E-state index contributed by atoms with van der Waals surface area (Å²) in [6.45, 7) is 0. The van der Waals surface area contributed by atoms with Crippen LogP contribution < -0.4 is 4.90 Å². The first kappa shape index (κ1) is 30.4. The number of esters is 1. The number of carbonyl (C=O) groups excluding carboxylic acids is 1. The molecule has 1 fully saturated rings. The zero-order valence-electron chi connectivity index (χ0n) is 26.2. The van der Waals surface area contributed by atoms with Crippen LogP contribution in [0.4, 0.5) is 11.4 Å². The molecule has 6 rings (SSSR count). The van der Waals surface area contributed by atoms with E-state index in [1.807, 2.05) is 6.07 Å². The van der Waals surface area contributed by atoms with E-state index < -0.39 is 10.2 Å². The minimum Gasteiger partial charge on any atom is -0.469 e.